The summed E-state index contributed by atoms with van der Waals surface area (Å²) in [5.74, 6) is -0.472. The molecule has 0 aliphatic heterocycles. The summed E-state index contributed by atoms with van der Waals surface area (Å²) in [5, 5.41) is 10.4. The molecule has 9 atom stereocenters. The molecule has 0 aromatic heterocycles. The Morgan fingerprint density at radius 2 is 1.63 bits per heavy atom. The fourth-order valence-electron chi connectivity index (χ4n) is 14.1. The van der Waals surface area contributed by atoms with Gasteiger partial charge in [0.15, 0.2) is 5.78 Å². The highest BCUT2D eigenvalue weighted by molar-refractivity contribution is 6.30. The van der Waals surface area contributed by atoms with Crippen LogP contribution in [0, 0.1) is 56.2 Å². The first-order valence-electron chi connectivity index (χ1n) is 22.8. The van der Waals surface area contributed by atoms with Crippen molar-refractivity contribution in [3.8, 4) is 0 Å². The van der Waals surface area contributed by atoms with Crippen LogP contribution in [0.25, 0.3) is 0 Å². The largest absolute Gasteiger partial charge is 0.481 e. The quantitative estimate of drug-likeness (QED) is 0.183. The molecule has 334 valence electrons. The lowest BCUT2D eigenvalue weighted by Gasteiger charge is -2.72. The van der Waals surface area contributed by atoms with Crippen LogP contribution >= 0.6 is 11.6 Å². The van der Waals surface area contributed by atoms with Crippen molar-refractivity contribution in [2.24, 2.45) is 56.2 Å². The van der Waals surface area contributed by atoms with Crippen molar-refractivity contribution < 1.29 is 33.8 Å². The van der Waals surface area contributed by atoms with Crippen LogP contribution in [0.4, 0.5) is 0 Å². The summed E-state index contributed by atoms with van der Waals surface area (Å²) in [6.07, 6.45) is 7.08. The first-order valence-corrected chi connectivity index (χ1v) is 23.2. The van der Waals surface area contributed by atoms with Gasteiger partial charge in [0.25, 0.3) is 0 Å². The maximum absolute atomic E-state index is 14.6. The maximum atomic E-state index is 14.6. The van der Waals surface area contributed by atoms with Crippen molar-refractivity contribution in [3.63, 3.8) is 0 Å². The minimum absolute atomic E-state index is 0.000408. The maximum Gasteiger partial charge on any atom is 0.309 e. The van der Waals surface area contributed by atoms with E-state index in [-0.39, 0.29) is 57.8 Å². The molecule has 5 aliphatic rings. The molecular weight excluding hydrogens is 776 g/mol. The Labute approximate surface area is 365 Å². The number of esters is 2. The third-order valence-electron chi connectivity index (χ3n) is 17.4. The Kier molecular flexibility index (Phi) is 13.0. The number of carbonyl (C=O) groups excluding carboxylic acids is 3. The minimum Gasteiger partial charge on any atom is -0.481 e. The van der Waals surface area contributed by atoms with E-state index < -0.39 is 28.9 Å². The molecule has 10 heteroatoms. The lowest BCUT2D eigenvalue weighted by Crippen LogP contribution is -2.66. The van der Waals surface area contributed by atoms with Gasteiger partial charge in [-0.25, -0.2) is 0 Å². The number of carboxylic acid groups (broad SMARTS) is 1. The normalized spacial score (nSPS) is 34.2. The zero-order chi connectivity index (χ0) is 44.4. The minimum atomic E-state index is -1.18. The monoisotopic (exact) mass is 851 g/mol. The zero-order valence-corrected chi connectivity index (χ0v) is 39.6. The predicted molar refractivity (Wildman–Crippen MR) is 236 cm³/mol. The molecule has 5 aliphatic carbocycles. The van der Waals surface area contributed by atoms with Gasteiger partial charge in [-0.15, -0.1) is 0 Å². The van der Waals surface area contributed by atoms with Gasteiger partial charge in [0.2, 0.25) is 0 Å². The Balaban J connectivity index is 1.34. The molecule has 0 amide bonds. The number of allylic oxidation sites excluding steroid dienone is 1. The van der Waals surface area contributed by atoms with Crippen molar-refractivity contribution in [1.29, 1.82) is 0 Å². The number of ketones is 1. The fraction of sp³-hybridized carbons (Fsp3) is 0.760. The number of hydrogen-bond donors (Lipinski definition) is 1. The first-order chi connectivity index (χ1) is 27.8. The molecule has 4 saturated carbocycles. The Hall–Kier alpha value is -2.75. The van der Waals surface area contributed by atoms with Crippen LogP contribution in [0.2, 0.25) is 5.02 Å². The lowest BCUT2D eigenvalue weighted by atomic mass is 9.33. The highest BCUT2D eigenvalue weighted by atomic mass is 35.5. The molecule has 0 heterocycles. The molecule has 0 saturated heterocycles. The molecule has 1 aromatic carbocycles. The van der Waals surface area contributed by atoms with Crippen LogP contribution in [0.3, 0.4) is 0 Å². The van der Waals surface area contributed by atoms with E-state index in [0.29, 0.717) is 36.4 Å². The molecule has 1 aromatic rings. The molecule has 0 spiro atoms. The number of likely N-dealkylation sites (N-methyl/N-ethyl adjacent to an activating group) is 1. The molecule has 4 fully saturated rings. The number of carbonyl (C=O) groups is 4. The van der Waals surface area contributed by atoms with Crippen molar-refractivity contribution in [1.82, 2.24) is 9.80 Å². The van der Waals surface area contributed by atoms with E-state index >= 15 is 0 Å². The van der Waals surface area contributed by atoms with Crippen molar-refractivity contribution in [2.45, 2.75) is 152 Å². The van der Waals surface area contributed by atoms with Gasteiger partial charge in [0.05, 0.1) is 11.8 Å². The summed E-state index contributed by atoms with van der Waals surface area (Å²) in [4.78, 5) is 57.4. The number of fused-ring (bicyclic) bond motifs is 7. The highest BCUT2D eigenvalue weighted by Gasteiger charge is 2.71. The van der Waals surface area contributed by atoms with E-state index in [2.05, 4.69) is 78.4 Å². The number of benzene rings is 1. The molecular formula is C50H75ClN2O7. The summed E-state index contributed by atoms with van der Waals surface area (Å²) in [6.45, 7) is 24.0. The van der Waals surface area contributed by atoms with Crippen LogP contribution in [0.15, 0.2) is 35.4 Å². The summed E-state index contributed by atoms with van der Waals surface area (Å²) in [5.41, 5.74) is 1.30. The number of Topliss-reactive ketones (excluding diaryl/α,β-unsaturated/α-hetero) is 1. The number of carboxylic acids is 1. The van der Waals surface area contributed by atoms with Crippen LogP contribution < -0.4 is 0 Å². The second kappa shape index (κ2) is 16.7. The van der Waals surface area contributed by atoms with Gasteiger partial charge in [0.1, 0.15) is 12.2 Å². The number of halogens is 1. The number of rotatable bonds is 14. The van der Waals surface area contributed by atoms with Crippen LogP contribution in [-0.2, 0) is 35.2 Å². The summed E-state index contributed by atoms with van der Waals surface area (Å²) >= 11 is 6.46. The highest BCUT2D eigenvalue weighted by Crippen LogP contribution is 2.77. The summed E-state index contributed by atoms with van der Waals surface area (Å²) in [6, 6.07) is 7.98. The molecule has 0 radical (unpaired) electrons. The number of aliphatic carboxylic acids is 1. The van der Waals surface area contributed by atoms with E-state index in [1.807, 2.05) is 18.2 Å². The smallest absolute Gasteiger partial charge is 0.309 e. The third-order valence-corrected chi connectivity index (χ3v) is 17.6. The van der Waals surface area contributed by atoms with Gasteiger partial charge in [-0.05, 0) is 148 Å². The molecule has 2 unspecified atom stereocenters. The topological polar surface area (TPSA) is 113 Å². The molecule has 60 heavy (non-hydrogen) atoms. The van der Waals surface area contributed by atoms with Gasteiger partial charge < -0.3 is 19.5 Å². The van der Waals surface area contributed by atoms with Crippen molar-refractivity contribution in [3.05, 3.63) is 46.0 Å². The van der Waals surface area contributed by atoms with Gasteiger partial charge in [-0.3, -0.25) is 24.1 Å². The third kappa shape index (κ3) is 8.15. The SMILES string of the molecule is CC(=O)O[C@@H](CN(CCN(C)C)Cc1cccc(Cl)c1)C12CC[C@]3(C)[C@H](CC[C@@H]4[C@@]5(C)CC[C@H](OC(=O)CC(C)(C)C(=O)O)C(C)(C)C5CC[C@]43C)C1=C(C(C)C)C(=O)C2. The van der Waals surface area contributed by atoms with Gasteiger partial charge >= 0.3 is 17.9 Å². The Morgan fingerprint density at radius 1 is 0.933 bits per heavy atom. The average molecular weight is 852 g/mol. The summed E-state index contributed by atoms with van der Waals surface area (Å²) < 4.78 is 12.7. The Morgan fingerprint density at radius 3 is 2.25 bits per heavy atom. The molecule has 9 nitrogen and oxygen atoms in total. The summed E-state index contributed by atoms with van der Waals surface area (Å²) in [7, 11) is 4.15. The van der Waals surface area contributed by atoms with E-state index in [1.165, 1.54) is 12.5 Å². The van der Waals surface area contributed by atoms with Gasteiger partial charge in [0, 0.05) is 55.4 Å². The number of ether oxygens (including phenoxy) is 2. The standard InChI is InChI=1S/C50H75ClN2O7/c1-31(2)42-36(55)27-50(40(59-32(3)54)30-53(25-24-52(11)12)29-33-14-13-15-34(51)26-33)23-22-48(9)35(43(42)50)16-17-38-47(8)20-19-39(60-41(56)28-45(4,5)44(57)58)46(6,7)37(47)18-21-49(38,48)10/h13-15,26,31,35,37-40H,16-25,27-30H2,1-12H3,(H,57,58)/t35-,37?,38-,39+,40+,47+,48-,49-,50?/m1/s1. The van der Waals surface area contributed by atoms with E-state index in [1.54, 1.807) is 13.8 Å². The second-order valence-corrected chi connectivity index (χ2v) is 22.8. The van der Waals surface area contributed by atoms with Gasteiger partial charge in [-0.1, -0.05) is 72.2 Å². The fourth-order valence-corrected chi connectivity index (χ4v) is 14.3. The number of nitrogens with zero attached hydrogens (tertiary/aromatic N) is 2. The van der Waals surface area contributed by atoms with E-state index in [0.717, 1.165) is 75.6 Å². The van der Waals surface area contributed by atoms with E-state index in [4.69, 9.17) is 21.1 Å². The average Bonchev–Trinajstić information content (AvgIpc) is 3.44. The van der Waals surface area contributed by atoms with E-state index in [9.17, 15) is 24.3 Å². The molecule has 0 bridgehead atoms. The van der Waals surface area contributed by atoms with Gasteiger partial charge in [-0.2, -0.15) is 0 Å². The molecule has 1 N–H and O–H groups in total. The Bertz CT molecular complexity index is 1870. The first kappa shape index (κ1) is 46.7. The second-order valence-electron chi connectivity index (χ2n) is 22.3. The van der Waals surface area contributed by atoms with Crippen LogP contribution in [0.5, 0.6) is 0 Å². The van der Waals surface area contributed by atoms with Crippen LogP contribution in [0.1, 0.15) is 139 Å². The lowest BCUT2D eigenvalue weighted by molar-refractivity contribution is -0.235. The number of hydrogen-bond acceptors (Lipinski definition) is 8. The predicted octanol–water partition coefficient (Wildman–Crippen LogP) is 10.0. The van der Waals surface area contributed by atoms with Crippen LogP contribution in [-0.4, -0.2) is 84.5 Å². The molecule has 6 rings (SSSR count). The zero-order valence-electron chi connectivity index (χ0n) is 38.8. The van der Waals surface area contributed by atoms with Crippen molar-refractivity contribution >= 4 is 35.3 Å². The van der Waals surface area contributed by atoms with Crippen molar-refractivity contribution in [2.75, 3.05) is 33.7 Å².